The van der Waals surface area contributed by atoms with Gasteiger partial charge in [0.2, 0.25) is 0 Å². The second kappa shape index (κ2) is 6.29. The number of carbonyl (C=O) groups is 2. The van der Waals surface area contributed by atoms with Crippen LogP contribution in [-0.2, 0) is 11.2 Å². The molecule has 0 spiro atoms. The van der Waals surface area contributed by atoms with Crippen LogP contribution in [0.25, 0.3) is 0 Å². The molecule has 1 aromatic carbocycles. The number of hydrogen-bond donors (Lipinski definition) is 1. The van der Waals surface area contributed by atoms with Gasteiger partial charge in [0.15, 0.2) is 0 Å². The molecule has 0 saturated carbocycles. The van der Waals surface area contributed by atoms with Crippen LogP contribution in [0.4, 0.5) is 0 Å². The van der Waals surface area contributed by atoms with E-state index in [1.165, 1.54) is 5.56 Å². The highest BCUT2D eigenvalue weighted by molar-refractivity contribution is 5.95. The normalized spacial score (nSPS) is 21.5. The first-order valence-electron chi connectivity index (χ1n) is 7.58. The van der Waals surface area contributed by atoms with Crippen molar-refractivity contribution in [3.05, 3.63) is 35.4 Å². The molecule has 114 valence electrons. The van der Waals surface area contributed by atoms with Crippen molar-refractivity contribution in [2.24, 2.45) is 5.41 Å². The van der Waals surface area contributed by atoms with Crippen molar-refractivity contribution >= 4 is 11.9 Å². The van der Waals surface area contributed by atoms with E-state index in [4.69, 9.17) is 0 Å². The number of amides is 1. The molecule has 1 aliphatic rings. The third-order valence-electron chi connectivity index (χ3n) is 4.30. The smallest absolute Gasteiger partial charge is 0.311 e. The van der Waals surface area contributed by atoms with E-state index in [1.54, 1.807) is 11.8 Å². The summed E-state index contributed by atoms with van der Waals surface area (Å²) in [6, 6.07) is 7.69. The zero-order chi connectivity index (χ0) is 15.5. The van der Waals surface area contributed by atoms with Gasteiger partial charge in [0, 0.05) is 18.7 Å². The van der Waals surface area contributed by atoms with E-state index in [1.807, 2.05) is 24.3 Å². The number of rotatable bonds is 5. The van der Waals surface area contributed by atoms with Gasteiger partial charge in [-0.25, -0.2) is 0 Å². The SMILES string of the molecule is CCCCc1ccc(C(=O)N2CCC(C)(C(=O)O)C2)cc1. The maximum Gasteiger partial charge on any atom is 0.311 e. The average Bonchev–Trinajstić information content (AvgIpc) is 2.89. The summed E-state index contributed by atoms with van der Waals surface area (Å²) in [5.74, 6) is -0.894. The predicted molar refractivity (Wildman–Crippen MR) is 81.3 cm³/mol. The number of unbranched alkanes of at least 4 members (excludes halogenated alkanes) is 1. The van der Waals surface area contributed by atoms with Crippen LogP contribution >= 0.6 is 0 Å². The van der Waals surface area contributed by atoms with E-state index < -0.39 is 11.4 Å². The van der Waals surface area contributed by atoms with Gasteiger partial charge in [0.25, 0.3) is 5.91 Å². The van der Waals surface area contributed by atoms with Gasteiger partial charge in [-0.15, -0.1) is 0 Å². The fourth-order valence-corrected chi connectivity index (χ4v) is 2.69. The molecule has 1 saturated heterocycles. The Bertz CT molecular complexity index is 523. The minimum absolute atomic E-state index is 0.0676. The molecule has 0 aromatic heterocycles. The van der Waals surface area contributed by atoms with Crippen molar-refractivity contribution in [1.82, 2.24) is 4.90 Å². The van der Waals surface area contributed by atoms with Crippen molar-refractivity contribution < 1.29 is 14.7 Å². The van der Waals surface area contributed by atoms with Gasteiger partial charge in [0.05, 0.1) is 5.41 Å². The summed E-state index contributed by atoms with van der Waals surface area (Å²) in [4.78, 5) is 25.3. The van der Waals surface area contributed by atoms with Crippen LogP contribution in [0.3, 0.4) is 0 Å². The molecule has 0 bridgehead atoms. The van der Waals surface area contributed by atoms with Crippen molar-refractivity contribution in [3.63, 3.8) is 0 Å². The van der Waals surface area contributed by atoms with Crippen molar-refractivity contribution in [3.8, 4) is 0 Å². The summed E-state index contributed by atoms with van der Waals surface area (Å²) in [7, 11) is 0. The molecular formula is C17H23NO3. The molecule has 0 aliphatic carbocycles. The number of aryl methyl sites for hydroxylation is 1. The van der Waals surface area contributed by atoms with Gasteiger partial charge in [-0.2, -0.15) is 0 Å². The lowest BCUT2D eigenvalue weighted by Crippen LogP contribution is -2.34. The lowest BCUT2D eigenvalue weighted by Gasteiger charge is -2.20. The maximum atomic E-state index is 12.4. The highest BCUT2D eigenvalue weighted by atomic mass is 16.4. The third kappa shape index (κ3) is 3.43. The Morgan fingerprint density at radius 1 is 1.29 bits per heavy atom. The van der Waals surface area contributed by atoms with Crippen LogP contribution < -0.4 is 0 Å². The maximum absolute atomic E-state index is 12.4. The highest BCUT2D eigenvalue weighted by Crippen LogP contribution is 2.31. The fourth-order valence-electron chi connectivity index (χ4n) is 2.69. The van der Waals surface area contributed by atoms with Crippen molar-refractivity contribution in [2.45, 2.75) is 39.5 Å². The zero-order valence-electron chi connectivity index (χ0n) is 12.8. The van der Waals surface area contributed by atoms with E-state index >= 15 is 0 Å². The van der Waals surface area contributed by atoms with Gasteiger partial charge < -0.3 is 10.0 Å². The molecule has 1 N–H and O–H groups in total. The second-order valence-corrected chi connectivity index (χ2v) is 6.14. The summed E-state index contributed by atoms with van der Waals surface area (Å²) in [6.45, 7) is 4.67. The summed E-state index contributed by atoms with van der Waals surface area (Å²) < 4.78 is 0. The quantitative estimate of drug-likeness (QED) is 0.906. The molecule has 1 fully saturated rings. The summed E-state index contributed by atoms with van der Waals surface area (Å²) >= 11 is 0. The van der Waals surface area contributed by atoms with Crippen LogP contribution in [0.2, 0.25) is 0 Å². The lowest BCUT2D eigenvalue weighted by atomic mass is 9.90. The third-order valence-corrected chi connectivity index (χ3v) is 4.30. The minimum atomic E-state index is -0.826. The number of aliphatic carboxylic acids is 1. The Kier molecular flexibility index (Phi) is 4.66. The number of carboxylic acids is 1. The van der Waals surface area contributed by atoms with E-state index in [2.05, 4.69) is 6.92 Å². The van der Waals surface area contributed by atoms with Crippen molar-refractivity contribution in [2.75, 3.05) is 13.1 Å². The lowest BCUT2D eigenvalue weighted by molar-refractivity contribution is -0.147. The Morgan fingerprint density at radius 2 is 1.95 bits per heavy atom. The van der Waals surface area contributed by atoms with E-state index in [0.717, 1.165) is 19.3 Å². The van der Waals surface area contributed by atoms with E-state index in [0.29, 0.717) is 25.1 Å². The average molecular weight is 289 g/mol. The number of likely N-dealkylation sites (tertiary alicyclic amines) is 1. The molecule has 1 aliphatic heterocycles. The van der Waals surface area contributed by atoms with Gasteiger partial charge >= 0.3 is 5.97 Å². The molecule has 1 heterocycles. The number of nitrogens with zero attached hydrogens (tertiary/aromatic N) is 1. The Labute approximate surface area is 125 Å². The van der Waals surface area contributed by atoms with Crippen molar-refractivity contribution in [1.29, 1.82) is 0 Å². The van der Waals surface area contributed by atoms with Gasteiger partial charge in [-0.05, 0) is 43.9 Å². The number of hydrogen-bond acceptors (Lipinski definition) is 2. The first kappa shape index (κ1) is 15.5. The molecule has 4 heteroatoms. The number of carbonyl (C=O) groups excluding carboxylic acids is 1. The summed E-state index contributed by atoms with van der Waals surface area (Å²) in [5.41, 5.74) is 1.08. The Morgan fingerprint density at radius 3 is 2.48 bits per heavy atom. The molecular weight excluding hydrogens is 266 g/mol. The van der Waals surface area contributed by atoms with Crippen LogP contribution in [0.5, 0.6) is 0 Å². The molecule has 1 unspecified atom stereocenters. The second-order valence-electron chi connectivity index (χ2n) is 6.14. The topological polar surface area (TPSA) is 57.6 Å². The van der Waals surface area contributed by atoms with Gasteiger partial charge in [-0.1, -0.05) is 25.5 Å². The highest BCUT2D eigenvalue weighted by Gasteiger charge is 2.42. The predicted octanol–water partition coefficient (Wildman–Crippen LogP) is 2.97. The molecule has 1 aromatic rings. The Balaban J connectivity index is 2.02. The van der Waals surface area contributed by atoms with E-state index in [-0.39, 0.29) is 5.91 Å². The summed E-state index contributed by atoms with van der Waals surface area (Å²) in [5, 5.41) is 9.22. The van der Waals surface area contributed by atoms with Crippen LogP contribution in [0, 0.1) is 5.41 Å². The molecule has 1 amide bonds. The monoisotopic (exact) mass is 289 g/mol. The summed E-state index contributed by atoms with van der Waals surface area (Å²) in [6.07, 6.45) is 3.85. The Hall–Kier alpha value is -1.84. The van der Waals surface area contributed by atoms with Gasteiger partial charge in [0.1, 0.15) is 0 Å². The molecule has 2 rings (SSSR count). The van der Waals surface area contributed by atoms with Crippen LogP contribution in [0.1, 0.15) is 49.0 Å². The first-order valence-corrected chi connectivity index (χ1v) is 7.58. The van der Waals surface area contributed by atoms with E-state index in [9.17, 15) is 14.7 Å². The van der Waals surface area contributed by atoms with Gasteiger partial charge in [-0.3, -0.25) is 9.59 Å². The largest absolute Gasteiger partial charge is 0.481 e. The van der Waals surface area contributed by atoms with Crippen LogP contribution in [-0.4, -0.2) is 35.0 Å². The first-order chi connectivity index (χ1) is 9.96. The standard InChI is InChI=1S/C17H23NO3/c1-3-4-5-13-6-8-14(9-7-13)15(19)18-11-10-17(2,12-18)16(20)21/h6-9H,3-5,10-12H2,1-2H3,(H,20,21). The molecule has 1 atom stereocenters. The zero-order valence-corrected chi connectivity index (χ0v) is 12.8. The molecule has 0 radical (unpaired) electrons. The molecule has 4 nitrogen and oxygen atoms in total. The van der Waals surface area contributed by atoms with Crippen LogP contribution in [0.15, 0.2) is 24.3 Å². The number of carboxylic acid groups (broad SMARTS) is 1. The fraction of sp³-hybridized carbons (Fsp3) is 0.529. The molecule has 21 heavy (non-hydrogen) atoms. The minimum Gasteiger partial charge on any atom is -0.481 e. The number of benzene rings is 1.